The van der Waals surface area contributed by atoms with Crippen LogP contribution < -0.4 is 0 Å². The average molecular weight is 428 g/mol. The number of nitrogens with zero attached hydrogens (tertiary/aromatic N) is 1. The van der Waals surface area contributed by atoms with E-state index >= 15 is 0 Å². The lowest BCUT2D eigenvalue weighted by molar-refractivity contribution is 0.0992. The predicted molar refractivity (Wildman–Crippen MR) is 120 cm³/mol. The predicted octanol–water partition coefficient (Wildman–Crippen LogP) is 5.54. The van der Waals surface area contributed by atoms with E-state index in [0.29, 0.717) is 6.42 Å². The molecule has 152 valence electrons. The number of Topliss-reactive ketones (excluding diaryl/α,β-unsaturated/α-hetero) is 1. The van der Waals surface area contributed by atoms with Crippen molar-refractivity contribution in [2.45, 2.75) is 32.1 Å². The van der Waals surface area contributed by atoms with Gasteiger partial charge in [-0.1, -0.05) is 48.9 Å². The Labute approximate surface area is 176 Å². The molecule has 0 N–H and O–H groups in total. The molecule has 29 heavy (non-hydrogen) atoms. The van der Waals surface area contributed by atoms with Gasteiger partial charge in [0, 0.05) is 31.0 Å². The molecule has 0 saturated carbocycles. The van der Waals surface area contributed by atoms with Gasteiger partial charge in [0.15, 0.2) is 5.78 Å². The number of hydrogen-bond donors (Lipinski definition) is 0. The van der Waals surface area contributed by atoms with Crippen LogP contribution in [0.3, 0.4) is 0 Å². The summed E-state index contributed by atoms with van der Waals surface area (Å²) < 4.78 is 25.9. The number of thiophene rings is 1. The molecule has 0 spiro atoms. The van der Waals surface area contributed by atoms with Gasteiger partial charge in [-0.05, 0) is 42.7 Å². The maximum atomic E-state index is 12.7. The minimum atomic E-state index is -3.49. The number of sulfonamides is 1. The molecule has 6 heteroatoms. The Bertz CT molecular complexity index is 1140. The number of ketones is 1. The van der Waals surface area contributed by atoms with Crippen LogP contribution in [0.1, 0.15) is 34.1 Å². The molecule has 1 heterocycles. The Morgan fingerprint density at radius 1 is 0.931 bits per heavy atom. The van der Waals surface area contributed by atoms with Gasteiger partial charge in [0.2, 0.25) is 10.0 Å². The van der Waals surface area contributed by atoms with E-state index in [2.05, 4.69) is 24.3 Å². The molecule has 0 amide bonds. The van der Waals surface area contributed by atoms with E-state index in [1.54, 1.807) is 24.3 Å². The van der Waals surface area contributed by atoms with Gasteiger partial charge in [0.05, 0.1) is 9.77 Å². The molecular formula is C23H25NO3S2. The van der Waals surface area contributed by atoms with Crippen LogP contribution >= 0.6 is 11.3 Å². The van der Waals surface area contributed by atoms with Crippen molar-refractivity contribution in [3.63, 3.8) is 0 Å². The summed E-state index contributed by atoms with van der Waals surface area (Å²) in [5.74, 6) is 0.0939. The zero-order valence-electron chi connectivity index (χ0n) is 17.3. The summed E-state index contributed by atoms with van der Waals surface area (Å²) in [4.78, 5) is 14.7. The van der Waals surface area contributed by atoms with E-state index < -0.39 is 10.0 Å². The summed E-state index contributed by atoms with van der Waals surface area (Å²) in [6, 6.07) is 15.1. The Morgan fingerprint density at radius 3 is 2.00 bits per heavy atom. The molecule has 0 unspecified atom stereocenters. The van der Waals surface area contributed by atoms with E-state index in [9.17, 15) is 13.2 Å². The molecule has 0 aliphatic rings. The molecule has 2 aromatic carbocycles. The summed E-state index contributed by atoms with van der Waals surface area (Å²) >= 11 is 1.51. The van der Waals surface area contributed by atoms with Crippen LogP contribution in [0.2, 0.25) is 0 Å². The summed E-state index contributed by atoms with van der Waals surface area (Å²) in [6.45, 7) is 5.93. The van der Waals surface area contributed by atoms with Gasteiger partial charge in [-0.3, -0.25) is 4.79 Å². The molecule has 1 aromatic heterocycles. The lowest BCUT2D eigenvalue weighted by atomic mass is 9.97. The van der Waals surface area contributed by atoms with Crippen molar-refractivity contribution in [1.82, 2.24) is 4.31 Å². The fraction of sp³-hybridized carbons (Fsp3) is 0.261. The second-order valence-corrected chi connectivity index (χ2v) is 10.4. The third-order valence-corrected chi connectivity index (χ3v) is 8.17. The molecule has 0 atom stereocenters. The number of hydrogen-bond acceptors (Lipinski definition) is 4. The monoisotopic (exact) mass is 427 g/mol. The van der Waals surface area contributed by atoms with Gasteiger partial charge in [-0.25, -0.2) is 12.7 Å². The molecule has 3 aromatic rings. The van der Waals surface area contributed by atoms with Gasteiger partial charge in [-0.15, -0.1) is 11.3 Å². The zero-order valence-corrected chi connectivity index (χ0v) is 18.9. The van der Waals surface area contributed by atoms with E-state index in [-0.39, 0.29) is 10.7 Å². The Balaban J connectivity index is 2.15. The smallest absolute Gasteiger partial charge is 0.242 e. The van der Waals surface area contributed by atoms with E-state index in [0.717, 1.165) is 32.0 Å². The topological polar surface area (TPSA) is 54.5 Å². The van der Waals surface area contributed by atoms with Crippen LogP contribution in [0.4, 0.5) is 0 Å². The Morgan fingerprint density at radius 2 is 1.48 bits per heavy atom. The standard InChI is InChI=1S/C23H25NO3S2/c1-6-20(25)23-21(16(3)22(28-23)18-9-7-15(2)8-10-18)17-11-13-19(14-12-17)29(26,27)24(4)5/h7-14H,6H2,1-5H3. The normalized spacial score (nSPS) is 11.8. The van der Waals surface area contributed by atoms with E-state index in [4.69, 9.17) is 0 Å². The molecule has 0 fully saturated rings. The summed E-state index contributed by atoms with van der Waals surface area (Å²) in [5, 5.41) is 0. The van der Waals surface area contributed by atoms with Crippen LogP contribution in [0, 0.1) is 13.8 Å². The number of aryl methyl sites for hydroxylation is 1. The first-order chi connectivity index (χ1) is 13.7. The van der Waals surface area contributed by atoms with Gasteiger partial charge in [0.1, 0.15) is 0 Å². The summed E-state index contributed by atoms with van der Waals surface area (Å²) in [7, 11) is -0.466. The number of rotatable bonds is 6. The average Bonchev–Trinajstić information content (AvgIpc) is 3.05. The number of benzene rings is 2. The quantitative estimate of drug-likeness (QED) is 0.485. The Kier molecular flexibility index (Phi) is 6.08. The number of carbonyl (C=O) groups is 1. The number of carbonyl (C=O) groups excluding carboxylic acids is 1. The van der Waals surface area contributed by atoms with Crippen molar-refractivity contribution >= 4 is 27.1 Å². The first kappa shape index (κ1) is 21.4. The first-order valence-corrected chi connectivity index (χ1v) is 11.7. The third kappa shape index (κ3) is 4.06. The highest BCUT2D eigenvalue weighted by Crippen LogP contribution is 2.42. The van der Waals surface area contributed by atoms with Crippen molar-refractivity contribution in [3.05, 3.63) is 64.5 Å². The molecule has 0 radical (unpaired) electrons. The second kappa shape index (κ2) is 8.22. The fourth-order valence-electron chi connectivity index (χ4n) is 3.20. The van der Waals surface area contributed by atoms with Crippen LogP contribution in [-0.2, 0) is 10.0 Å². The van der Waals surface area contributed by atoms with Crippen molar-refractivity contribution in [1.29, 1.82) is 0 Å². The minimum absolute atomic E-state index is 0.0939. The molecule has 4 nitrogen and oxygen atoms in total. The van der Waals surface area contributed by atoms with Crippen molar-refractivity contribution < 1.29 is 13.2 Å². The maximum Gasteiger partial charge on any atom is 0.242 e. The van der Waals surface area contributed by atoms with E-state index in [1.165, 1.54) is 35.3 Å². The second-order valence-electron chi connectivity index (χ2n) is 7.21. The largest absolute Gasteiger partial charge is 0.293 e. The highest BCUT2D eigenvalue weighted by atomic mass is 32.2. The van der Waals surface area contributed by atoms with Gasteiger partial charge >= 0.3 is 0 Å². The van der Waals surface area contributed by atoms with Gasteiger partial charge in [0.25, 0.3) is 0 Å². The van der Waals surface area contributed by atoms with Crippen molar-refractivity contribution in [3.8, 4) is 21.6 Å². The Hall–Kier alpha value is -2.28. The molecular weight excluding hydrogens is 402 g/mol. The highest BCUT2D eigenvalue weighted by molar-refractivity contribution is 7.89. The van der Waals surface area contributed by atoms with Crippen LogP contribution in [0.25, 0.3) is 21.6 Å². The highest BCUT2D eigenvalue weighted by Gasteiger charge is 2.23. The third-order valence-electron chi connectivity index (χ3n) is 4.96. The fourth-order valence-corrected chi connectivity index (χ4v) is 5.45. The van der Waals surface area contributed by atoms with Crippen molar-refractivity contribution in [2.24, 2.45) is 0 Å². The lowest BCUT2D eigenvalue weighted by Gasteiger charge is -2.12. The maximum absolute atomic E-state index is 12.7. The molecule has 0 aliphatic heterocycles. The molecule has 3 rings (SSSR count). The van der Waals surface area contributed by atoms with Crippen LogP contribution in [-0.4, -0.2) is 32.6 Å². The van der Waals surface area contributed by atoms with Crippen LogP contribution in [0.15, 0.2) is 53.4 Å². The summed E-state index contributed by atoms with van der Waals surface area (Å²) in [6.07, 6.45) is 0.424. The lowest BCUT2D eigenvalue weighted by Crippen LogP contribution is -2.22. The van der Waals surface area contributed by atoms with Crippen LogP contribution in [0.5, 0.6) is 0 Å². The van der Waals surface area contributed by atoms with Crippen molar-refractivity contribution in [2.75, 3.05) is 14.1 Å². The molecule has 0 aliphatic carbocycles. The van der Waals surface area contributed by atoms with Gasteiger partial charge < -0.3 is 0 Å². The molecule has 0 saturated heterocycles. The minimum Gasteiger partial charge on any atom is -0.293 e. The molecule has 0 bridgehead atoms. The summed E-state index contributed by atoms with van der Waals surface area (Å²) in [5.41, 5.74) is 5.06. The SMILES string of the molecule is CCC(=O)c1sc(-c2ccc(C)cc2)c(C)c1-c1ccc(S(=O)(=O)N(C)C)cc1. The van der Waals surface area contributed by atoms with E-state index in [1.807, 2.05) is 20.8 Å². The zero-order chi connectivity index (χ0) is 21.3. The van der Waals surface area contributed by atoms with Gasteiger partial charge in [-0.2, -0.15) is 0 Å². The first-order valence-electron chi connectivity index (χ1n) is 9.43.